The number of rotatable bonds is 37. The number of phosphoric ester groups is 1. The third kappa shape index (κ3) is 37.1. The minimum absolute atomic E-state index is 0.0108. The lowest BCUT2D eigenvalue weighted by atomic mass is 10.0. The summed E-state index contributed by atoms with van der Waals surface area (Å²) >= 11 is 0. The predicted octanol–water partition coefficient (Wildman–Crippen LogP) is 9.64. The summed E-state index contributed by atoms with van der Waals surface area (Å²) in [5.74, 6) is -0.248. The van der Waals surface area contributed by atoms with E-state index < -0.39 is 26.1 Å². The second-order valence-corrected chi connectivity index (χ2v) is 17.0. The number of aliphatic hydroxyl groups is 2. The van der Waals surface area contributed by atoms with Crippen molar-refractivity contribution in [1.29, 1.82) is 0 Å². The molecule has 0 aliphatic carbocycles. The summed E-state index contributed by atoms with van der Waals surface area (Å²) in [6.45, 7) is 4.55. The van der Waals surface area contributed by atoms with Gasteiger partial charge in [0, 0.05) is 6.42 Å². The van der Waals surface area contributed by atoms with Crippen LogP contribution in [0.5, 0.6) is 0 Å². The minimum atomic E-state index is -4.59. The summed E-state index contributed by atoms with van der Waals surface area (Å²) in [6.07, 6.45) is 38.6. The summed E-state index contributed by atoms with van der Waals surface area (Å²) in [5, 5.41) is 23.9. The number of likely N-dealkylation sites (N-methyl/N-ethyl adjacent to an activating group) is 1. The number of allylic oxidation sites excluding steroid dienone is 6. The van der Waals surface area contributed by atoms with Crippen LogP contribution in [0.4, 0.5) is 0 Å². The van der Waals surface area contributed by atoms with Gasteiger partial charge >= 0.3 is 0 Å². The van der Waals surface area contributed by atoms with E-state index in [-0.39, 0.29) is 25.5 Å². The Morgan fingerprint density at radius 3 is 1.92 bits per heavy atom. The molecule has 3 N–H and O–H groups in total. The van der Waals surface area contributed by atoms with Crippen molar-refractivity contribution in [2.24, 2.45) is 0 Å². The molecule has 9 nitrogen and oxygen atoms in total. The maximum absolute atomic E-state index is 12.8. The molecule has 0 rings (SSSR count). The van der Waals surface area contributed by atoms with Crippen LogP contribution in [-0.2, 0) is 18.4 Å². The van der Waals surface area contributed by atoms with Crippen molar-refractivity contribution in [2.75, 3.05) is 40.9 Å². The highest BCUT2D eigenvalue weighted by molar-refractivity contribution is 7.45. The average molecular weight is 769 g/mol. The molecule has 310 valence electrons. The second kappa shape index (κ2) is 34.9. The lowest BCUT2D eigenvalue weighted by Crippen LogP contribution is -2.46. The normalized spacial score (nSPS) is 15.5. The van der Waals surface area contributed by atoms with Gasteiger partial charge in [0.25, 0.3) is 7.82 Å². The Hall–Kier alpha value is -1.58. The molecule has 0 bridgehead atoms. The molecular formula is C43H81N2O7P. The van der Waals surface area contributed by atoms with Gasteiger partial charge in [-0.1, -0.05) is 159 Å². The largest absolute Gasteiger partial charge is 0.756 e. The molecule has 0 spiro atoms. The van der Waals surface area contributed by atoms with Gasteiger partial charge in [0.2, 0.25) is 5.91 Å². The standard InChI is InChI=1S/C43H81N2O7P/c1-6-8-10-12-14-15-16-17-18-19-23-27-31-35-42(47)41(39-52-53(49,50)51-38-37-45(3,4)5)44-43(48)36-32-28-24-21-20-22-26-30-34-40(46)33-29-25-13-11-9-7-2/h21-22,24-26,29-30,34,40-42,46-47H,6-20,23,27-28,31-33,35-39H2,1-5H3,(H-,44,48,49,50)/b24-21-,26-22-,29-25-,34-30+/t40-,41-,42+/m0/s1. The van der Waals surface area contributed by atoms with Crippen LogP contribution in [0.3, 0.4) is 0 Å². The van der Waals surface area contributed by atoms with Crippen molar-refractivity contribution in [3.63, 3.8) is 0 Å². The minimum Gasteiger partial charge on any atom is -0.756 e. The fourth-order valence-corrected chi connectivity index (χ4v) is 6.43. The molecule has 0 fully saturated rings. The molecule has 0 aliphatic heterocycles. The fraction of sp³-hybridized carbons (Fsp3) is 0.791. The summed E-state index contributed by atoms with van der Waals surface area (Å²) < 4.78 is 23.2. The quantitative estimate of drug-likeness (QED) is 0.0189. The van der Waals surface area contributed by atoms with E-state index in [0.717, 1.165) is 38.5 Å². The van der Waals surface area contributed by atoms with Gasteiger partial charge in [0.1, 0.15) is 13.2 Å². The Balaban J connectivity index is 4.59. The van der Waals surface area contributed by atoms with Gasteiger partial charge < -0.3 is 34.0 Å². The molecule has 4 atom stereocenters. The van der Waals surface area contributed by atoms with E-state index in [0.29, 0.717) is 30.3 Å². The van der Waals surface area contributed by atoms with Crippen molar-refractivity contribution in [1.82, 2.24) is 5.32 Å². The first kappa shape index (κ1) is 51.4. The van der Waals surface area contributed by atoms with Crippen molar-refractivity contribution in [2.45, 2.75) is 180 Å². The molecule has 1 amide bonds. The zero-order valence-electron chi connectivity index (χ0n) is 34.6. The molecule has 1 unspecified atom stereocenters. The SMILES string of the molecule is CCCCC/C=C\C[C@H](O)/C=C/C=C\C/C=C\CCCC(=O)N[C@@H](COP(=O)([O-])OCC[N+](C)(C)C)[C@H](O)CCCCCCCCCCCCCCC. The smallest absolute Gasteiger partial charge is 0.268 e. The average Bonchev–Trinajstić information content (AvgIpc) is 3.10. The number of nitrogens with one attached hydrogen (secondary N) is 1. The first-order chi connectivity index (χ1) is 25.4. The fourth-order valence-electron chi connectivity index (χ4n) is 5.70. The first-order valence-corrected chi connectivity index (χ1v) is 22.6. The zero-order chi connectivity index (χ0) is 39.5. The molecule has 10 heteroatoms. The number of hydrogen-bond acceptors (Lipinski definition) is 7. The van der Waals surface area contributed by atoms with E-state index in [2.05, 4.69) is 25.2 Å². The van der Waals surface area contributed by atoms with Crippen LogP contribution in [0.1, 0.15) is 162 Å². The van der Waals surface area contributed by atoms with E-state index >= 15 is 0 Å². The van der Waals surface area contributed by atoms with E-state index in [1.807, 2.05) is 57.6 Å². The summed E-state index contributed by atoms with van der Waals surface area (Å²) in [6, 6.07) is -0.849. The Bertz CT molecular complexity index is 1020. The molecule has 0 aromatic heterocycles. The van der Waals surface area contributed by atoms with Gasteiger partial charge in [-0.3, -0.25) is 9.36 Å². The van der Waals surface area contributed by atoms with Crippen LogP contribution >= 0.6 is 7.82 Å². The lowest BCUT2D eigenvalue weighted by molar-refractivity contribution is -0.870. The molecule has 0 saturated heterocycles. The third-order valence-electron chi connectivity index (χ3n) is 9.15. The van der Waals surface area contributed by atoms with Crippen molar-refractivity contribution in [3.8, 4) is 0 Å². The van der Waals surface area contributed by atoms with E-state index in [4.69, 9.17) is 9.05 Å². The molecule has 0 radical (unpaired) electrons. The number of aliphatic hydroxyl groups excluding tert-OH is 2. The van der Waals surface area contributed by atoms with Crippen LogP contribution in [0, 0.1) is 0 Å². The number of hydrogen-bond donors (Lipinski definition) is 3. The van der Waals surface area contributed by atoms with Gasteiger partial charge in [0.15, 0.2) is 0 Å². The maximum atomic E-state index is 12.8. The van der Waals surface area contributed by atoms with E-state index in [1.165, 1.54) is 83.5 Å². The third-order valence-corrected chi connectivity index (χ3v) is 10.1. The first-order valence-electron chi connectivity index (χ1n) is 21.1. The number of carbonyl (C=O) groups is 1. The monoisotopic (exact) mass is 769 g/mol. The molecule has 53 heavy (non-hydrogen) atoms. The van der Waals surface area contributed by atoms with Crippen molar-refractivity contribution < 1.29 is 38.0 Å². The number of nitrogens with zero attached hydrogens (tertiary/aromatic N) is 1. The van der Waals surface area contributed by atoms with Gasteiger partial charge in [-0.15, -0.1) is 0 Å². The molecule has 0 aliphatic rings. The van der Waals surface area contributed by atoms with Crippen LogP contribution in [0.15, 0.2) is 48.6 Å². The Kier molecular flexibility index (Phi) is 33.8. The molecular weight excluding hydrogens is 687 g/mol. The van der Waals surface area contributed by atoms with Gasteiger partial charge in [-0.25, -0.2) is 0 Å². The van der Waals surface area contributed by atoms with Gasteiger partial charge in [-0.05, 0) is 44.9 Å². The van der Waals surface area contributed by atoms with E-state index in [9.17, 15) is 24.5 Å². The lowest BCUT2D eigenvalue weighted by Gasteiger charge is -2.30. The van der Waals surface area contributed by atoms with Gasteiger partial charge in [0.05, 0.1) is 46.0 Å². The Morgan fingerprint density at radius 2 is 1.30 bits per heavy atom. The Morgan fingerprint density at radius 1 is 0.736 bits per heavy atom. The van der Waals surface area contributed by atoms with E-state index in [1.54, 1.807) is 6.08 Å². The van der Waals surface area contributed by atoms with Crippen LogP contribution < -0.4 is 10.2 Å². The number of amides is 1. The summed E-state index contributed by atoms with van der Waals surface area (Å²) in [4.78, 5) is 25.2. The topological polar surface area (TPSA) is 128 Å². The maximum Gasteiger partial charge on any atom is 0.268 e. The molecule has 0 saturated carbocycles. The second-order valence-electron chi connectivity index (χ2n) is 15.5. The zero-order valence-corrected chi connectivity index (χ0v) is 35.5. The molecule has 0 aromatic rings. The number of unbranched alkanes of at least 4 members (excludes halogenated alkanes) is 16. The summed E-state index contributed by atoms with van der Waals surface area (Å²) in [7, 11) is 1.22. The predicted molar refractivity (Wildman–Crippen MR) is 220 cm³/mol. The van der Waals surface area contributed by atoms with Crippen molar-refractivity contribution in [3.05, 3.63) is 48.6 Å². The highest BCUT2D eigenvalue weighted by Crippen LogP contribution is 2.38. The Labute approximate surface area is 325 Å². The van der Waals surface area contributed by atoms with Crippen LogP contribution in [-0.4, -0.2) is 79.8 Å². The van der Waals surface area contributed by atoms with Gasteiger partial charge in [-0.2, -0.15) is 0 Å². The number of carbonyl (C=O) groups excluding carboxylic acids is 1. The summed E-state index contributed by atoms with van der Waals surface area (Å²) in [5.41, 5.74) is 0. The van der Waals surface area contributed by atoms with Crippen molar-refractivity contribution >= 4 is 13.7 Å². The van der Waals surface area contributed by atoms with Crippen LogP contribution in [0.25, 0.3) is 0 Å². The number of phosphoric acid groups is 1. The highest BCUT2D eigenvalue weighted by Gasteiger charge is 2.24. The molecule has 0 heterocycles. The number of quaternary nitrogens is 1. The van der Waals surface area contributed by atoms with Crippen LogP contribution in [0.2, 0.25) is 0 Å². The molecule has 0 aromatic carbocycles. The highest BCUT2D eigenvalue weighted by atomic mass is 31.2.